The van der Waals surface area contributed by atoms with Crippen LogP contribution in [0, 0.1) is 11.8 Å². The SMILES string of the molecule is CCC1CCN(CC(=O)C2CCC(Cl)CC2)CC1. The van der Waals surface area contributed by atoms with Crippen LogP contribution < -0.4 is 0 Å². The first kappa shape index (κ1) is 14.3. The van der Waals surface area contributed by atoms with Gasteiger partial charge in [0.05, 0.1) is 6.54 Å². The number of Topliss-reactive ketones (excluding diaryl/α,β-unsaturated/α-hetero) is 1. The molecule has 2 fully saturated rings. The van der Waals surface area contributed by atoms with Crippen molar-refractivity contribution >= 4 is 17.4 Å². The molecule has 2 nitrogen and oxygen atoms in total. The summed E-state index contributed by atoms with van der Waals surface area (Å²) in [5.74, 6) is 1.65. The van der Waals surface area contributed by atoms with Gasteiger partial charge in [-0.1, -0.05) is 13.3 Å². The quantitative estimate of drug-likeness (QED) is 0.730. The van der Waals surface area contributed by atoms with E-state index in [0.29, 0.717) is 23.6 Å². The lowest BCUT2D eigenvalue weighted by Crippen LogP contribution is -2.39. The number of nitrogens with zero attached hydrogens (tertiary/aromatic N) is 1. The first-order valence-corrected chi connectivity index (χ1v) is 8.01. The highest BCUT2D eigenvalue weighted by atomic mass is 35.5. The molecule has 1 aliphatic heterocycles. The molecule has 0 aromatic carbocycles. The van der Waals surface area contributed by atoms with Crippen LogP contribution in [0.25, 0.3) is 0 Å². The molecule has 104 valence electrons. The molecule has 1 saturated carbocycles. The van der Waals surface area contributed by atoms with Gasteiger partial charge in [-0.05, 0) is 57.5 Å². The lowest BCUT2D eigenvalue weighted by molar-refractivity contribution is -0.125. The van der Waals surface area contributed by atoms with E-state index in [9.17, 15) is 4.79 Å². The van der Waals surface area contributed by atoms with E-state index in [1.165, 1.54) is 19.3 Å². The molecule has 0 atom stereocenters. The predicted molar refractivity (Wildman–Crippen MR) is 76.1 cm³/mol. The van der Waals surface area contributed by atoms with Gasteiger partial charge in [0.1, 0.15) is 5.78 Å². The number of carbonyl (C=O) groups excluding carboxylic acids is 1. The lowest BCUT2D eigenvalue weighted by atomic mass is 9.85. The normalized spacial score (nSPS) is 31.4. The van der Waals surface area contributed by atoms with E-state index in [4.69, 9.17) is 11.6 Å². The average molecular weight is 272 g/mol. The summed E-state index contributed by atoms with van der Waals surface area (Å²) in [5, 5.41) is 0.314. The second kappa shape index (κ2) is 6.91. The second-order valence-corrected chi connectivity index (χ2v) is 6.66. The van der Waals surface area contributed by atoms with Crippen molar-refractivity contribution in [3.8, 4) is 0 Å². The third-order valence-electron chi connectivity index (χ3n) is 4.78. The molecule has 0 aromatic heterocycles. The molecule has 1 aliphatic carbocycles. The number of hydrogen-bond acceptors (Lipinski definition) is 2. The molecule has 0 aromatic rings. The van der Waals surface area contributed by atoms with Crippen molar-refractivity contribution < 1.29 is 4.79 Å². The number of carbonyl (C=O) groups is 1. The number of likely N-dealkylation sites (tertiary alicyclic amines) is 1. The zero-order chi connectivity index (χ0) is 13.0. The van der Waals surface area contributed by atoms with Gasteiger partial charge >= 0.3 is 0 Å². The molecule has 0 amide bonds. The van der Waals surface area contributed by atoms with Crippen molar-refractivity contribution in [2.45, 2.75) is 57.2 Å². The predicted octanol–water partition coefficient (Wildman–Crippen LogP) is 3.48. The van der Waals surface area contributed by atoms with Crippen LogP contribution in [0.3, 0.4) is 0 Å². The van der Waals surface area contributed by atoms with E-state index in [-0.39, 0.29) is 0 Å². The molecule has 0 radical (unpaired) electrons. The minimum absolute atomic E-state index is 0.295. The molecule has 18 heavy (non-hydrogen) atoms. The summed E-state index contributed by atoms with van der Waals surface area (Å²) >= 11 is 6.09. The van der Waals surface area contributed by atoms with Crippen LogP contribution in [0.2, 0.25) is 0 Å². The summed E-state index contributed by atoms with van der Waals surface area (Å²) in [6, 6.07) is 0. The van der Waals surface area contributed by atoms with Gasteiger partial charge in [0.15, 0.2) is 0 Å². The Hall–Kier alpha value is -0.0800. The topological polar surface area (TPSA) is 20.3 Å². The van der Waals surface area contributed by atoms with Crippen molar-refractivity contribution in [1.29, 1.82) is 0 Å². The van der Waals surface area contributed by atoms with E-state index in [0.717, 1.165) is 44.7 Å². The fourth-order valence-corrected chi connectivity index (χ4v) is 3.53. The van der Waals surface area contributed by atoms with Gasteiger partial charge in [-0.3, -0.25) is 9.69 Å². The van der Waals surface area contributed by atoms with Crippen molar-refractivity contribution in [2.75, 3.05) is 19.6 Å². The minimum atomic E-state index is 0.295. The number of hydrogen-bond donors (Lipinski definition) is 0. The maximum atomic E-state index is 12.2. The highest BCUT2D eigenvalue weighted by molar-refractivity contribution is 6.20. The molecular weight excluding hydrogens is 246 g/mol. The molecule has 1 saturated heterocycles. The molecule has 0 bridgehead atoms. The first-order chi connectivity index (χ1) is 8.69. The smallest absolute Gasteiger partial charge is 0.149 e. The summed E-state index contributed by atoms with van der Waals surface area (Å²) in [7, 11) is 0. The number of piperidine rings is 1. The summed E-state index contributed by atoms with van der Waals surface area (Å²) in [4.78, 5) is 14.6. The molecule has 2 rings (SSSR count). The van der Waals surface area contributed by atoms with E-state index < -0.39 is 0 Å². The Morgan fingerprint density at radius 1 is 1.11 bits per heavy atom. The monoisotopic (exact) mass is 271 g/mol. The number of ketones is 1. The van der Waals surface area contributed by atoms with E-state index in [1.54, 1.807) is 0 Å². The molecule has 0 spiro atoms. The van der Waals surface area contributed by atoms with Crippen molar-refractivity contribution in [3.63, 3.8) is 0 Å². The maximum absolute atomic E-state index is 12.2. The molecular formula is C15H26ClNO. The standard InChI is InChI=1S/C15H26ClNO/c1-2-12-7-9-17(10-8-12)11-15(18)13-3-5-14(16)6-4-13/h12-14H,2-11H2,1H3. The van der Waals surface area contributed by atoms with Crippen molar-refractivity contribution in [1.82, 2.24) is 4.90 Å². The first-order valence-electron chi connectivity index (χ1n) is 7.58. The summed E-state index contributed by atoms with van der Waals surface area (Å²) < 4.78 is 0. The Balaban J connectivity index is 1.71. The molecule has 0 unspecified atom stereocenters. The Labute approximate surface area is 116 Å². The van der Waals surface area contributed by atoms with E-state index >= 15 is 0 Å². The third-order valence-corrected chi connectivity index (χ3v) is 5.21. The zero-order valence-electron chi connectivity index (χ0n) is 11.5. The Morgan fingerprint density at radius 2 is 1.72 bits per heavy atom. The van der Waals surface area contributed by atoms with E-state index in [2.05, 4.69) is 11.8 Å². The summed E-state index contributed by atoms with van der Waals surface area (Å²) in [6.07, 6.45) is 7.92. The second-order valence-electron chi connectivity index (χ2n) is 6.04. The highest BCUT2D eigenvalue weighted by Gasteiger charge is 2.27. The maximum Gasteiger partial charge on any atom is 0.149 e. The van der Waals surface area contributed by atoms with Gasteiger partial charge in [0.25, 0.3) is 0 Å². The van der Waals surface area contributed by atoms with Gasteiger partial charge in [-0.2, -0.15) is 0 Å². The number of alkyl halides is 1. The Bertz CT molecular complexity index is 266. The van der Waals surface area contributed by atoms with E-state index in [1.807, 2.05) is 0 Å². The summed E-state index contributed by atoms with van der Waals surface area (Å²) in [6.45, 7) is 5.20. The Morgan fingerprint density at radius 3 is 2.28 bits per heavy atom. The van der Waals surface area contributed by atoms with Crippen LogP contribution in [0.1, 0.15) is 51.9 Å². The van der Waals surface area contributed by atoms with Gasteiger partial charge in [-0.15, -0.1) is 11.6 Å². The molecule has 2 aliphatic rings. The third kappa shape index (κ3) is 3.96. The van der Waals surface area contributed by atoms with Crippen LogP contribution in [0.5, 0.6) is 0 Å². The minimum Gasteiger partial charge on any atom is -0.298 e. The van der Waals surface area contributed by atoms with Crippen molar-refractivity contribution in [3.05, 3.63) is 0 Å². The van der Waals surface area contributed by atoms with Gasteiger partial charge in [-0.25, -0.2) is 0 Å². The average Bonchev–Trinajstić information content (AvgIpc) is 2.40. The molecule has 3 heteroatoms. The van der Waals surface area contributed by atoms with Crippen LogP contribution in [0.4, 0.5) is 0 Å². The van der Waals surface area contributed by atoms with Crippen LogP contribution in [0.15, 0.2) is 0 Å². The largest absolute Gasteiger partial charge is 0.298 e. The highest BCUT2D eigenvalue weighted by Crippen LogP contribution is 2.28. The van der Waals surface area contributed by atoms with Gasteiger partial charge in [0, 0.05) is 11.3 Å². The number of halogens is 1. The number of rotatable bonds is 4. The van der Waals surface area contributed by atoms with Gasteiger partial charge in [0.2, 0.25) is 0 Å². The molecule has 1 heterocycles. The fourth-order valence-electron chi connectivity index (χ4n) is 3.28. The fraction of sp³-hybridized carbons (Fsp3) is 0.933. The summed E-state index contributed by atoms with van der Waals surface area (Å²) in [5.41, 5.74) is 0. The van der Waals surface area contributed by atoms with Crippen LogP contribution in [-0.2, 0) is 4.79 Å². The zero-order valence-corrected chi connectivity index (χ0v) is 12.3. The van der Waals surface area contributed by atoms with Crippen LogP contribution >= 0.6 is 11.6 Å². The lowest BCUT2D eigenvalue weighted by Gasteiger charge is -2.32. The molecule has 0 N–H and O–H groups in total. The van der Waals surface area contributed by atoms with Crippen molar-refractivity contribution in [2.24, 2.45) is 11.8 Å². The van der Waals surface area contributed by atoms with Gasteiger partial charge < -0.3 is 0 Å². The Kier molecular flexibility index (Phi) is 5.50. The van der Waals surface area contributed by atoms with Crippen LogP contribution in [-0.4, -0.2) is 35.7 Å².